The number of hydrogen-bond acceptors (Lipinski definition) is 2. The molecule has 0 N–H and O–H groups in total. The lowest BCUT2D eigenvalue weighted by Crippen LogP contribution is -2.27. The van der Waals surface area contributed by atoms with Gasteiger partial charge in [-0.1, -0.05) is 64.2 Å². The summed E-state index contributed by atoms with van der Waals surface area (Å²) in [5, 5.41) is 0. The molecular formula is C19H32O2. The van der Waals surface area contributed by atoms with Crippen molar-refractivity contribution >= 4 is 12.6 Å². The molecule has 21 heavy (non-hydrogen) atoms. The maximum absolute atomic E-state index is 11.6. The fourth-order valence-electron chi connectivity index (χ4n) is 4.29. The first-order valence-corrected chi connectivity index (χ1v) is 9.21. The van der Waals surface area contributed by atoms with Gasteiger partial charge >= 0.3 is 0 Å². The molecule has 2 heteroatoms. The Morgan fingerprint density at radius 3 is 1.38 bits per heavy atom. The van der Waals surface area contributed by atoms with Gasteiger partial charge in [-0.2, -0.15) is 0 Å². The highest BCUT2D eigenvalue weighted by atomic mass is 16.1. The molecular weight excluding hydrogens is 260 g/mol. The average Bonchev–Trinajstić information content (AvgIpc) is 2.58. The van der Waals surface area contributed by atoms with E-state index in [4.69, 9.17) is 0 Å². The van der Waals surface area contributed by atoms with Crippen molar-refractivity contribution in [3.05, 3.63) is 0 Å². The SMILES string of the molecule is O=CC(C=O)(CCC1CCCCC1)CCC1CCCCC1. The van der Waals surface area contributed by atoms with E-state index in [-0.39, 0.29) is 0 Å². The Hall–Kier alpha value is -0.660. The van der Waals surface area contributed by atoms with Crippen LogP contribution in [0.2, 0.25) is 0 Å². The summed E-state index contributed by atoms with van der Waals surface area (Å²) in [5.41, 5.74) is -0.672. The summed E-state index contributed by atoms with van der Waals surface area (Å²) in [5.74, 6) is 1.51. The molecule has 0 radical (unpaired) electrons. The van der Waals surface area contributed by atoms with E-state index >= 15 is 0 Å². The van der Waals surface area contributed by atoms with Crippen LogP contribution in [0.4, 0.5) is 0 Å². The van der Waals surface area contributed by atoms with Crippen molar-refractivity contribution in [2.24, 2.45) is 17.3 Å². The third-order valence-electron chi connectivity index (χ3n) is 5.95. The maximum Gasteiger partial charge on any atom is 0.133 e. The van der Waals surface area contributed by atoms with Gasteiger partial charge in [0.15, 0.2) is 0 Å². The zero-order chi connectivity index (χ0) is 15.0. The molecule has 2 nitrogen and oxygen atoms in total. The van der Waals surface area contributed by atoms with Gasteiger partial charge in [-0.3, -0.25) is 0 Å². The van der Waals surface area contributed by atoms with Gasteiger partial charge in [0.2, 0.25) is 0 Å². The van der Waals surface area contributed by atoms with E-state index in [1.165, 1.54) is 64.2 Å². The first-order chi connectivity index (χ1) is 10.3. The van der Waals surface area contributed by atoms with Crippen LogP contribution in [-0.2, 0) is 9.59 Å². The Balaban J connectivity index is 1.79. The summed E-state index contributed by atoms with van der Waals surface area (Å²) >= 11 is 0. The van der Waals surface area contributed by atoms with E-state index < -0.39 is 5.41 Å². The molecule has 2 fully saturated rings. The molecule has 0 aromatic heterocycles. The normalized spacial score (nSPS) is 22.1. The second-order valence-corrected chi connectivity index (χ2v) is 7.55. The van der Waals surface area contributed by atoms with Gasteiger partial charge in [0, 0.05) is 0 Å². The van der Waals surface area contributed by atoms with Crippen LogP contribution in [0.25, 0.3) is 0 Å². The summed E-state index contributed by atoms with van der Waals surface area (Å²) in [6, 6.07) is 0. The lowest BCUT2D eigenvalue weighted by atomic mass is 9.74. The Labute approximate surface area is 130 Å². The Bertz CT molecular complexity index is 280. The number of rotatable bonds is 8. The molecule has 0 aromatic carbocycles. The molecule has 2 aliphatic rings. The molecule has 120 valence electrons. The zero-order valence-electron chi connectivity index (χ0n) is 13.5. The minimum absolute atomic E-state index is 0.672. The van der Waals surface area contributed by atoms with Crippen molar-refractivity contribution in [1.82, 2.24) is 0 Å². The van der Waals surface area contributed by atoms with E-state index in [2.05, 4.69) is 0 Å². The monoisotopic (exact) mass is 292 g/mol. The number of carbonyl (C=O) groups is 2. The van der Waals surface area contributed by atoms with Crippen LogP contribution in [0, 0.1) is 17.3 Å². The molecule has 0 bridgehead atoms. The van der Waals surface area contributed by atoms with Crippen LogP contribution < -0.4 is 0 Å². The predicted octanol–water partition coefficient (Wildman–Crippen LogP) is 5.09. The van der Waals surface area contributed by atoms with E-state index in [0.717, 1.165) is 50.1 Å². The van der Waals surface area contributed by atoms with Crippen molar-refractivity contribution in [2.45, 2.75) is 89.9 Å². The van der Waals surface area contributed by atoms with Crippen LogP contribution in [0.1, 0.15) is 89.9 Å². The molecule has 0 saturated heterocycles. The molecule has 0 atom stereocenters. The Morgan fingerprint density at radius 1 is 0.667 bits per heavy atom. The molecule has 0 amide bonds. The molecule has 2 saturated carbocycles. The van der Waals surface area contributed by atoms with Gasteiger partial charge in [-0.15, -0.1) is 0 Å². The van der Waals surface area contributed by atoms with Crippen LogP contribution in [0.15, 0.2) is 0 Å². The second kappa shape index (κ2) is 8.70. The minimum Gasteiger partial charge on any atom is -0.302 e. The molecule has 0 heterocycles. The van der Waals surface area contributed by atoms with E-state index in [1.807, 2.05) is 0 Å². The van der Waals surface area contributed by atoms with Gasteiger partial charge in [0.25, 0.3) is 0 Å². The van der Waals surface area contributed by atoms with E-state index in [0.29, 0.717) is 0 Å². The highest BCUT2D eigenvalue weighted by Gasteiger charge is 2.31. The largest absolute Gasteiger partial charge is 0.302 e. The number of carbonyl (C=O) groups excluding carboxylic acids is 2. The standard InChI is InChI=1S/C19H32O2/c20-15-19(16-21,13-11-17-7-3-1-4-8-17)14-12-18-9-5-2-6-10-18/h15-18H,1-14H2. The summed E-state index contributed by atoms with van der Waals surface area (Å²) in [4.78, 5) is 23.1. The molecule has 2 rings (SSSR count). The van der Waals surface area contributed by atoms with Crippen LogP contribution in [-0.4, -0.2) is 12.6 Å². The fourth-order valence-corrected chi connectivity index (χ4v) is 4.29. The molecule has 2 aliphatic carbocycles. The van der Waals surface area contributed by atoms with Gasteiger partial charge in [0.05, 0.1) is 5.41 Å². The zero-order valence-corrected chi connectivity index (χ0v) is 13.5. The van der Waals surface area contributed by atoms with Crippen molar-refractivity contribution < 1.29 is 9.59 Å². The lowest BCUT2D eigenvalue weighted by Gasteiger charge is -2.29. The predicted molar refractivity (Wildman–Crippen MR) is 86.2 cm³/mol. The first-order valence-electron chi connectivity index (χ1n) is 9.21. The smallest absolute Gasteiger partial charge is 0.133 e. The number of hydrogen-bond donors (Lipinski definition) is 0. The maximum atomic E-state index is 11.6. The summed E-state index contributed by atoms with van der Waals surface area (Å²) in [7, 11) is 0. The summed E-state index contributed by atoms with van der Waals surface area (Å²) in [6.07, 6.45) is 18.9. The van der Waals surface area contributed by atoms with E-state index in [1.54, 1.807) is 0 Å². The third-order valence-corrected chi connectivity index (χ3v) is 5.95. The molecule has 0 unspecified atom stereocenters. The van der Waals surface area contributed by atoms with Crippen molar-refractivity contribution in [1.29, 1.82) is 0 Å². The summed E-state index contributed by atoms with van der Waals surface area (Å²) in [6.45, 7) is 0. The quantitative estimate of drug-likeness (QED) is 0.461. The summed E-state index contributed by atoms with van der Waals surface area (Å²) < 4.78 is 0. The highest BCUT2D eigenvalue weighted by Crippen LogP contribution is 2.36. The van der Waals surface area contributed by atoms with Crippen molar-refractivity contribution in [2.75, 3.05) is 0 Å². The molecule has 0 aromatic rings. The van der Waals surface area contributed by atoms with E-state index in [9.17, 15) is 9.59 Å². The second-order valence-electron chi connectivity index (χ2n) is 7.55. The minimum atomic E-state index is -0.672. The fraction of sp³-hybridized carbons (Fsp3) is 0.895. The van der Waals surface area contributed by atoms with Crippen LogP contribution in [0.3, 0.4) is 0 Å². The van der Waals surface area contributed by atoms with Crippen LogP contribution in [0.5, 0.6) is 0 Å². The highest BCUT2D eigenvalue weighted by molar-refractivity contribution is 5.83. The van der Waals surface area contributed by atoms with Gasteiger partial charge in [-0.05, 0) is 37.5 Å². The topological polar surface area (TPSA) is 34.1 Å². The van der Waals surface area contributed by atoms with Gasteiger partial charge in [-0.25, -0.2) is 0 Å². The lowest BCUT2D eigenvalue weighted by molar-refractivity contribution is -0.127. The van der Waals surface area contributed by atoms with Gasteiger partial charge < -0.3 is 9.59 Å². The average molecular weight is 292 g/mol. The van der Waals surface area contributed by atoms with Crippen molar-refractivity contribution in [3.8, 4) is 0 Å². The molecule has 0 aliphatic heterocycles. The third kappa shape index (κ3) is 5.23. The van der Waals surface area contributed by atoms with Crippen molar-refractivity contribution in [3.63, 3.8) is 0 Å². The Morgan fingerprint density at radius 2 is 1.05 bits per heavy atom. The first kappa shape index (κ1) is 16.7. The number of aldehydes is 2. The molecule has 0 spiro atoms. The van der Waals surface area contributed by atoms with Gasteiger partial charge in [0.1, 0.15) is 12.6 Å². The van der Waals surface area contributed by atoms with Crippen LogP contribution >= 0.6 is 0 Å². The Kier molecular flexibility index (Phi) is 6.92.